The van der Waals surface area contributed by atoms with Crippen LogP contribution >= 0.6 is 0 Å². The lowest BCUT2D eigenvalue weighted by molar-refractivity contribution is -0.137. The Bertz CT molecular complexity index is 170. The van der Waals surface area contributed by atoms with Gasteiger partial charge in [0.1, 0.15) is 0 Å². The van der Waals surface area contributed by atoms with E-state index < -0.39 is 5.97 Å². The van der Waals surface area contributed by atoms with E-state index in [9.17, 15) is 4.79 Å². The molecule has 0 unspecified atom stereocenters. The quantitative estimate of drug-likeness (QED) is 0.627. The number of carboxylic acids is 1. The average Bonchev–Trinajstić information content (AvgIpc) is 2.18. The first-order valence-corrected chi connectivity index (χ1v) is 5.72. The molecular formula is C11H24N2O2. The second kappa shape index (κ2) is 8.68. The van der Waals surface area contributed by atoms with Crippen LogP contribution in [0, 0.1) is 0 Å². The van der Waals surface area contributed by atoms with E-state index in [1.54, 1.807) is 0 Å². The van der Waals surface area contributed by atoms with E-state index in [0.717, 1.165) is 39.1 Å². The number of nitrogens with zero attached hydrogens (tertiary/aromatic N) is 2. The molecule has 0 spiro atoms. The molecular weight excluding hydrogens is 192 g/mol. The fraction of sp³-hybridized carbons (Fsp3) is 0.909. The third-order valence-electron chi connectivity index (χ3n) is 2.62. The maximum atomic E-state index is 10.3. The van der Waals surface area contributed by atoms with Gasteiger partial charge in [0.05, 0.1) is 0 Å². The van der Waals surface area contributed by atoms with Crippen molar-refractivity contribution < 1.29 is 9.90 Å². The summed E-state index contributed by atoms with van der Waals surface area (Å²) in [7, 11) is 2.05. The van der Waals surface area contributed by atoms with Gasteiger partial charge < -0.3 is 14.9 Å². The van der Waals surface area contributed by atoms with Gasteiger partial charge in [-0.25, -0.2) is 0 Å². The largest absolute Gasteiger partial charge is 0.481 e. The molecule has 0 saturated heterocycles. The molecule has 0 aliphatic rings. The fourth-order valence-corrected chi connectivity index (χ4v) is 1.46. The summed E-state index contributed by atoms with van der Waals surface area (Å²) in [6, 6.07) is 0. The van der Waals surface area contributed by atoms with E-state index in [4.69, 9.17) is 5.11 Å². The lowest BCUT2D eigenvalue weighted by atomic mass is 10.3. The Morgan fingerprint density at radius 3 is 2.20 bits per heavy atom. The zero-order valence-electron chi connectivity index (χ0n) is 10.2. The molecule has 0 radical (unpaired) electrons. The number of aliphatic carboxylic acids is 1. The zero-order chi connectivity index (χ0) is 11.7. The molecule has 0 rings (SSSR count). The number of rotatable bonds is 9. The molecule has 0 aliphatic carbocycles. The van der Waals surface area contributed by atoms with Gasteiger partial charge in [0.2, 0.25) is 0 Å². The molecule has 0 aliphatic heterocycles. The summed E-state index contributed by atoms with van der Waals surface area (Å²) in [5.41, 5.74) is 0. The SMILES string of the molecule is CCN(CC)CCN(C)CCCC(=O)O. The number of likely N-dealkylation sites (N-methyl/N-ethyl adjacent to an activating group) is 2. The van der Waals surface area contributed by atoms with E-state index in [1.807, 2.05) is 7.05 Å². The van der Waals surface area contributed by atoms with Crippen LogP contribution in [-0.2, 0) is 4.79 Å². The van der Waals surface area contributed by atoms with Crippen LogP contribution in [0.15, 0.2) is 0 Å². The van der Waals surface area contributed by atoms with Gasteiger partial charge in [0, 0.05) is 19.5 Å². The van der Waals surface area contributed by atoms with E-state index in [1.165, 1.54) is 0 Å². The van der Waals surface area contributed by atoms with E-state index in [-0.39, 0.29) is 6.42 Å². The van der Waals surface area contributed by atoms with E-state index >= 15 is 0 Å². The Balaban J connectivity index is 3.47. The summed E-state index contributed by atoms with van der Waals surface area (Å²) < 4.78 is 0. The van der Waals surface area contributed by atoms with Crippen molar-refractivity contribution in [3.63, 3.8) is 0 Å². The van der Waals surface area contributed by atoms with Crippen LogP contribution < -0.4 is 0 Å². The molecule has 0 fully saturated rings. The van der Waals surface area contributed by atoms with Crippen molar-refractivity contribution in [1.29, 1.82) is 0 Å². The van der Waals surface area contributed by atoms with Crippen molar-refractivity contribution >= 4 is 5.97 Å². The Morgan fingerprint density at radius 1 is 1.13 bits per heavy atom. The van der Waals surface area contributed by atoms with Crippen molar-refractivity contribution in [3.8, 4) is 0 Å². The lowest BCUT2D eigenvalue weighted by Crippen LogP contribution is -2.33. The highest BCUT2D eigenvalue weighted by Gasteiger charge is 2.03. The van der Waals surface area contributed by atoms with Gasteiger partial charge in [0.25, 0.3) is 0 Å². The fourth-order valence-electron chi connectivity index (χ4n) is 1.46. The smallest absolute Gasteiger partial charge is 0.303 e. The summed E-state index contributed by atoms with van der Waals surface area (Å²) in [6.45, 7) is 9.44. The summed E-state index contributed by atoms with van der Waals surface area (Å²) in [4.78, 5) is 14.9. The molecule has 4 heteroatoms. The minimum atomic E-state index is -0.702. The molecule has 0 heterocycles. The second-order valence-corrected chi connectivity index (χ2v) is 3.83. The van der Waals surface area contributed by atoms with E-state index in [2.05, 4.69) is 23.6 Å². The van der Waals surface area contributed by atoms with Crippen LogP contribution in [0.3, 0.4) is 0 Å². The summed E-state index contributed by atoms with van der Waals surface area (Å²) in [5, 5.41) is 8.49. The number of hydrogen-bond acceptors (Lipinski definition) is 3. The van der Waals surface area contributed by atoms with Crippen LogP contribution in [0.5, 0.6) is 0 Å². The normalized spacial score (nSPS) is 11.3. The van der Waals surface area contributed by atoms with Crippen LogP contribution in [-0.4, -0.2) is 60.6 Å². The van der Waals surface area contributed by atoms with Crippen LogP contribution in [0.25, 0.3) is 0 Å². The molecule has 0 bridgehead atoms. The zero-order valence-corrected chi connectivity index (χ0v) is 10.2. The Kier molecular flexibility index (Phi) is 8.33. The Morgan fingerprint density at radius 2 is 1.73 bits per heavy atom. The van der Waals surface area contributed by atoms with Crippen LogP contribution in [0.4, 0.5) is 0 Å². The standard InChI is InChI=1S/C11H24N2O2/c1-4-13(5-2)10-9-12(3)8-6-7-11(14)15/h4-10H2,1-3H3,(H,14,15). The molecule has 0 aromatic heterocycles. The number of carboxylic acid groups (broad SMARTS) is 1. The predicted molar refractivity (Wildman–Crippen MR) is 62.2 cm³/mol. The van der Waals surface area contributed by atoms with Gasteiger partial charge in [-0.3, -0.25) is 4.79 Å². The monoisotopic (exact) mass is 216 g/mol. The summed E-state index contributed by atoms with van der Waals surface area (Å²) in [5.74, 6) is -0.702. The van der Waals surface area contributed by atoms with Gasteiger partial charge >= 0.3 is 5.97 Å². The predicted octanol–water partition coefficient (Wildman–Crippen LogP) is 1.12. The van der Waals surface area contributed by atoms with E-state index in [0.29, 0.717) is 0 Å². The topological polar surface area (TPSA) is 43.8 Å². The second-order valence-electron chi connectivity index (χ2n) is 3.83. The lowest BCUT2D eigenvalue weighted by Gasteiger charge is -2.22. The molecule has 0 aromatic carbocycles. The molecule has 0 amide bonds. The van der Waals surface area contributed by atoms with Crippen molar-refractivity contribution in [3.05, 3.63) is 0 Å². The molecule has 4 nitrogen and oxygen atoms in total. The highest BCUT2D eigenvalue weighted by atomic mass is 16.4. The van der Waals surface area contributed by atoms with Crippen molar-refractivity contribution in [2.45, 2.75) is 26.7 Å². The van der Waals surface area contributed by atoms with Gasteiger partial charge in [-0.2, -0.15) is 0 Å². The molecule has 15 heavy (non-hydrogen) atoms. The molecule has 90 valence electrons. The van der Waals surface area contributed by atoms with Crippen LogP contribution in [0.2, 0.25) is 0 Å². The molecule has 0 aromatic rings. The van der Waals surface area contributed by atoms with Crippen LogP contribution in [0.1, 0.15) is 26.7 Å². The van der Waals surface area contributed by atoms with Crippen molar-refractivity contribution in [2.24, 2.45) is 0 Å². The maximum absolute atomic E-state index is 10.3. The van der Waals surface area contributed by atoms with Gasteiger partial charge in [-0.05, 0) is 33.1 Å². The van der Waals surface area contributed by atoms with Gasteiger partial charge in [-0.15, -0.1) is 0 Å². The first kappa shape index (κ1) is 14.4. The molecule has 0 atom stereocenters. The number of hydrogen-bond donors (Lipinski definition) is 1. The Hall–Kier alpha value is -0.610. The summed E-state index contributed by atoms with van der Waals surface area (Å²) in [6.07, 6.45) is 1.01. The number of carbonyl (C=O) groups is 1. The molecule has 0 saturated carbocycles. The highest BCUT2D eigenvalue weighted by molar-refractivity contribution is 5.66. The minimum Gasteiger partial charge on any atom is -0.481 e. The first-order chi connectivity index (χ1) is 7.10. The third kappa shape index (κ3) is 8.39. The third-order valence-corrected chi connectivity index (χ3v) is 2.62. The van der Waals surface area contributed by atoms with Crippen molar-refractivity contribution in [1.82, 2.24) is 9.80 Å². The highest BCUT2D eigenvalue weighted by Crippen LogP contribution is 1.94. The minimum absolute atomic E-state index is 0.273. The average molecular weight is 216 g/mol. The summed E-state index contributed by atoms with van der Waals surface area (Å²) >= 11 is 0. The van der Waals surface area contributed by atoms with Gasteiger partial charge in [-0.1, -0.05) is 13.8 Å². The first-order valence-electron chi connectivity index (χ1n) is 5.72. The Labute approximate surface area is 92.9 Å². The van der Waals surface area contributed by atoms with Crippen molar-refractivity contribution in [2.75, 3.05) is 39.8 Å². The maximum Gasteiger partial charge on any atom is 0.303 e. The van der Waals surface area contributed by atoms with Gasteiger partial charge in [0.15, 0.2) is 0 Å². The molecule has 1 N–H and O–H groups in total.